The van der Waals surface area contributed by atoms with Gasteiger partial charge in [0, 0.05) is 35.1 Å². The number of aryl methyl sites for hydroxylation is 1. The summed E-state index contributed by atoms with van der Waals surface area (Å²) in [5.41, 5.74) is 3.36. The molecule has 0 bridgehead atoms. The Morgan fingerprint density at radius 3 is 2.62 bits per heavy atom. The number of nitrogens with one attached hydrogen (secondary N) is 1. The first kappa shape index (κ1) is 18.8. The van der Waals surface area contributed by atoms with E-state index < -0.39 is 4.92 Å². The van der Waals surface area contributed by atoms with E-state index in [0.29, 0.717) is 28.2 Å². The number of hydrogen-bond donors (Lipinski definition) is 1. The summed E-state index contributed by atoms with van der Waals surface area (Å²) in [7, 11) is 1.60. The maximum atomic E-state index is 12.9. The first-order chi connectivity index (χ1) is 14.0. The van der Waals surface area contributed by atoms with Crippen molar-refractivity contribution in [1.29, 1.82) is 0 Å². The zero-order valence-corrected chi connectivity index (χ0v) is 16.6. The molecule has 2 heterocycles. The van der Waals surface area contributed by atoms with E-state index in [1.54, 1.807) is 19.2 Å². The third-order valence-electron chi connectivity index (χ3n) is 4.66. The van der Waals surface area contributed by atoms with Crippen LogP contribution in [-0.2, 0) is 6.42 Å². The van der Waals surface area contributed by atoms with E-state index in [9.17, 15) is 14.9 Å². The number of nitro benzene ring substituents is 1. The van der Waals surface area contributed by atoms with Crippen molar-refractivity contribution in [3.8, 4) is 16.9 Å². The van der Waals surface area contributed by atoms with Gasteiger partial charge in [0.05, 0.1) is 17.4 Å². The van der Waals surface area contributed by atoms with Crippen LogP contribution in [0.3, 0.4) is 0 Å². The normalized spacial score (nSPS) is 11.0. The fourth-order valence-electron chi connectivity index (χ4n) is 3.24. The van der Waals surface area contributed by atoms with Crippen molar-refractivity contribution in [2.45, 2.75) is 13.3 Å². The predicted molar refractivity (Wildman–Crippen MR) is 113 cm³/mol. The molecule has 4 rings (SSSR count). The van der Waals surface area contributed by atoms with Gasteiger partial charge in [-0.2, -0.15) is 0 Å². The van der Waals surface area contributed by atoms with Crippen LogP contribution in [0.2, 0.25) is 0 Å². The summed E-state index contributed by atoms with van der Waals surface area (Å²) in [5.74, 6) is 1.21. The Bertz CT molecular complexity index is 1280. The summed E-state index contributed by atoms with van der Waals surface area (Å²) in [6.45, 7) is 1.99. The molecule has 0 unspecified atom stereocenters. The fourth-order valence-corrected chi connectivity index (χ4v) is 4.19. The van der Waals surface area contributed by atoms with Gasteiger partial charge in [-0.15, -0.1) is 11.3 Å². The topological polar surface area (TPSA) is 98.1 Å². The van der Waals surface area contributed by atoms with Gasteiger partial charge in [-0.05, 0) is 24.6 Å². The molecule has 2 aromatic heterocycles. The molecule has 7 nitrogen and oxygen atoms in total. The standard InChI is InChI=1S/C21H17N3O4S/c1-12-3-8-17(28-2)15(9-12)16-11-29-21-19(16)20(25)22-18(23-21)10-13-4-6-14(7-5-13)24(26)27/h3-9,11H,10H2,1-2H3,(H,22,23,25). The molecule has 29 heavy (non-hydrogen) atoms. The number of non-ortho nitro benzene ring substituents is 1. The molecule has 0 fully saturated rings. The van der Waals surface area contributed by atoms with E-state index in [4.69, 9.17) is 4.74 Å². The lowest BCUT2D eigenvalue weighted by Crippen LogP contribution is -2.11. The second-order valence-corrected chi connectivity index (χ2v) is 7.50. The molecule has 0 saturated heterocycles. The van der Waals surface area contributed by atoms with E-state index in [1.807, 2.05) is 30.5 Å². The van der Waals surface area contributed by atoms with Crippen LogP contribution in [0.1, 0.15) is 17.0 Å². The Labute approximate surface area is 169 Å². The first-order valence-electron chi connectivity index (χ1n) is 8.85. The fraction of sp³-hybridized carbons (Fsp3) is 0.143. The molecular formula is C21H17N3O4S. The molecule has 2 aromatic carbocycles. The molecule has 0 radical (unpaired) electrons. The lowest BCUT2D eigenvalue weighted by Gasteiger charge is -2.09. The largest absolute Gasteiger partial charge is 0.496 e. The zero-order chi connectivity index (χ0) is 20.5. The number of hydrogen-bond acceptors (Lipinski definition) is 6. The van der Waals surface area contributed by atoms with Gasteiger partial charge in [0.15, 0.2) is 0 Å². The predicted octanol–water partition coefficient (Wildman–Crippen LogP) is 4.47. The minimum Gasteiger partial charge on any atom is -0.496 e. The SMILES string of the molecule is COc1ccc(C)cc1-c1csc2nc(Cc3ccc([N+](=O)[O-])cc3)[nH]c(=O)c12. The summed E-state index contributed by atoms with van der Waals surface area (Å²) >= 11 is 1.40. The van der Waals surface area contributed by atoms with Crippen LogP contribution in [0.25, 0.3) is 21.3 Å². The number of benzene rings is 2. The highest BCUT2D eigenvalue weighted by atomic mass is 32.1. The smallest absolute Gasteiger partial charge is 0.269 e. The number of nitrogens with zero attached hydrogens (tertiary/aromatic N) is 2. The quantitative estimate of drug-likeness (QED) is 0.389. The number of ether oxygens (including phenoxy) is 1. The molecule has 0 aliphatic rings. The van der Waals surface area contributed by atoms with Gasteiger partial charge in [0.2, 0.25) is 0 Å². The van der Waals surface area contributed by atoms with E-state index in [-0.39, 0.29) is 11.2 Å². The van der Waals surface area contributed by atoms with E-state index in [1.165, 1.54) is 23.5 Å². The summed E-state index contributed by atoms with van der Waals surface area (Å²) in [6.07, 6.45) is 0.379. The maximum absolute atomic E-state index is 12.9. The lowest BCUT2D eigenvalue weighted by molar-refractivity contribution is -0.384. The number of H-pyrrole nitrogens is 1. The van der Waals surface area contributed by atoms with Crippen LogP contribution < -0.4 is 10.3 Å². The summed E-state index contributed by atoms with van der Waals surface area (Å²) in [6, 6.07) is 12.1. The lowest BCUT2D eigenvalue weighted by atomic mass is 10.0. The van der Waals surface area contributed by atoms with Crippen molar-refractivity contribution < 1.29 is 9.66 Å². The average Bonchev–Trinajstić information content (AvgIpc) is 3.12. The number of aromatic nitrogens is 2. The third kappa shape index (κ3) is 3.62. The van der Waals surface area contributed by atoms with Crippen molar-refractivity contribution in [2.75, 3.05) is 7.11 Å². The van der Waals surface area contributed by atoms with Gasteiger partial charge in [0.1, 0.15) is 16.4 Å². The van der Waals surface area contributed by atoms with Crippen molar-refractivity contribution in [3.63, 3.8) is 0 Å². The van der Waals surface area contributed by atoms with Gasteiger partial charge < -0.3 is 9.72 Å². The Hall–Kier alpha value is -3.52. The molecule has 0 spiro atoms. The van der Waals surface area contributed by atoms with Crippen LogP contribution in [-0.4, -0.2) is 22.0 Å². The van der Waals surface area contributed by atoms with Gasteiger partial charge in [0.25, 0.3) is 11.2 Å². The van der Waals surface area contributed by atoms with Gasteiger partial charge in [-0.1, -0.05) is 23.8 Å². The second kappa shape index (κ2) is 7.48. The summed E-state index contributed by atoms with van der Waals surface area (Å²) in [4.78, 5) is 31.3. The molecular weight excluding hydrogens is 390 g/mol. The molecule has 4 aromatic rings. The number of rotatable bonds is 5. The highest BCUT2D eigenvalue weighted by Crippen LogP contribution is 2.37. The van der Waals surface area contributed by atoms with Crippen LogP contribution >= 0.6 is 11.3 Å². The van der Waals surface area contributed by atoms with E-state index >= 15 is 0 Å². The van der Waals surface area contributed by atoms with Gasteiger partial charge in [-0.3, -0.25) is 14.9 Å². The van der Waals surface area contributed by atoms with Gasteiger partial charge in [-0.25, -0.2) is 4.98 Å². The van der Waals surface area contributed by atoms with Crippen molar-refractivity contribution in [3.05, 3.63) is 85.3 Å². The number of aromatic amines is 1. The highest BCUT2D eigenvalue weighted by molar-refractivity contribution is 7.17. The molecule has 146 valence electrons. The third-order valence-corrected chi connectivity index (χ3v) is 5.53. The Morgan fingerprint density at radius 1 is 1.17 bits per heavy atom. The monoisotopic (exact) mass is 407 g/mol. The molecule has 0 aliphatic carbocycles. The van der Waals surface area contributed by atoms with Crippen molar-refractivity contribution in [1.82, 2.24) is 9.97 Å². The second-order valence-electron chi connectivity index (χ2n) is 6.65. The zero-order valence-electron chi connectivity index (χ0n) is 15.8. The van der Waals surface area contributed by atoms with Crippen molar-refractivity contribution in [2.24, 2.45) is 0 Å². The Kier molecular flexibility index (Phi) is 4.85. The number of thiophene rings is 1. The molecule has 1 N–H and O–H groups in total. The number of methoxy groups -OCH3 is 1. The minimum atomic E-state index is -0.442. The van der Waals surface area contributed by atoms with E-state index in [2.05, 4.69) is 9.97 Å². The highest BCUT2D eigenvalue weighted by Gasteiger charge is 2.16. The van der Waals surface area contributed by atoms with Crippen LogP contribution in [0, 0.1) is 17.0 Å². The first-order valence-corrected chi connectivity index (χ1v) is 9.73. The number of fused-ring (bicyclic) bond motifs is 1. The maximum Gasteiger partial charge on any atom is 0.269 e. The molecule has 0 atom stereocenters. The summed E-state index contributed by atoms with van der Waals surface area (Å²) in [5, 5.41) is 13.2. The molecule has 0 amide bonds. The Morgan fingerprint density at radius 2 is 1.93 bits per heavy atom. The molecule has 0 aliphatic heterocycles. The van der Waals surface area contributed by atoms with Gasteiger partial charge >= 0.3 is 0 Å². The molecule has 0 saturated carbocycles. The Balaban J connectivity index is 1.74. The van der Waals surface area contributed by atoms with Crippen LogP contribution in [0.15, 0.2) is 52.6 Å². The molecule has 8 heteroatoms. The average molecular weight is 407 g/mol. The van der Waals surface area contributed by atoms with Crippen LogP contribution in [0.4, 0.5) is 5.69 Å². The summed E-state index contributed by atoms with van der Waals surface area (Å²) < 4.78 is 5.47. The minimum absolute atomic E-state index is 0.0284. The number of nitro groups is 1. The van der Waals surface area contributed by atoms with Crippen molar-refractivity contribution >= 4 is 27.2 Å². The van der Waals surface area contributed by atoms with Crippen LogP contribution in [0.5, 0.6) is 5.75 Å². The van der Waals surface area contributed by atoms with E-state index in [0.717, 1.165) is 22.3 Å².